The molecule has 0 radical (unpaired) electrons. The molecule has 4 heterocycles. The Balaban J connectivity index is 0.000000451. The molecule has 0 spiro atoms. The maximum absolute atomic E-state index is 12.8. The maximum Gasteiger partial charge on any atom is 0.490 e. The van der Waals surface area contributed by atoms with Gasteiger partial charge in [-0.05, 0) is 55.3 Å². The largest absolute Gasteiger partial charge is 0.490 e. The van der Waals surface area contributed by atoms with Gasteiger partial charge in [0.25, 0.3) is 11.8 Å². The fourth-order valence-corrected chi connectivity index (χ4v) is 5.11. The molecule has 1 aliphatic carbocycles. The van der Waals surface area contributed by atoms with Crippen LogP contribution in [0.3, 0.4) is 0 Å². The Labute approximate surface area is 239 Å². The number of carbonyl (C=O) groups excluding carboxylic acids is 2. The zero-order valence-electron chi connectivity index (χ0n) is 22.8. The third kappa shape index (κ3) is 6.20. The van der Waals surface area contributed by atoms with Gasteiger partial charge in [0.2, 0.25) is 0 Å². The molecule has 1 aromatic carbocycles. The summed E-state index contributed by atoms with van der Waals surface area (Å²) in [6, 6.07) is 9.80. The number of likely N-dealkylation sites (N-methyl/N-ethyl adjacent to an activating group) is 1. The molecule has 42 heavy (non-hydrogen) atoms. The normalized spacial score (nSPS) is 16.6. The number of aliphatic carboxylic acids is 1. The van der Waals surface area contributed by atoms with Crippen molar-refractivity contribution in [2.75, 3.05) is 39.8 Å². The van der Waals surface area contributed by atoms with Crippen molar-refractivity contribution in [3.05, 3.63) is 70.2 Å². The third-order valence-electron chi connectivity index (χ3n) is 7.42. The number of aromatic nitrogens is 3. The van der Waals surface area contributed by atoms with Gasteiger partial charge in [-0.2, -0.15) is 18.3 Å². The first kappa shape index (κ1) is 29.0. The molecule has 220 valence electrons. The second-order valence-corrected chi connectivity index (χ2v) is 10.3. The van der Waals surface area contributed by atoms with Crippen molar-refractivity contribution in [2.24, 2.45) is 0 Å². The number of pyridine rings is 1. The number of carboxylic acid groups (broad SMARTS) is 1. The van der Waals surface area contributed by atoms with Crippen LogP contribution in [-0.4, -0.2) is 93.4 Å². The van der Waals surface area contributed by atoms with Crippen molar-refractivity contribution >= 4 is 29.9 Å². The fourth-order valence-electron chi connectivity index (χ4n) is 5.11. The van der Waals surface area contributed by atoms with Gasteiger partial charge in [0.05, 0.1) is 17.9 Å². The van der Waals surface area contributed by atoms with Crippen molar-refractivity contribution in [1.29, 1.82) is 0 Å². The van der Waals surface area contributed by atoms with E-state index in [1.54, 1.807) is 0 Å². The predicted molar refractivity (Wildman–Crippen MR) is 148 cm³/mol. The molecule has 2 N–H and O–H groups in total. The smallest absolute Gasteiger partial charge is 0.475 e. The second kappa shape index (κ2) is 11.8. The van der Waals surface area contributed by atoms with Crippen LogP contribution in [-0.2, 0) is 24.2 Å². The van der Waals surface area contributed by atoms with Crippen LogP contribution in [0.25, 0.3) is 23.4 Å². The van der Waals surface area contributed by atoms with E-state index in [1.165, 1.54) is 0 Å². The van der Waals surface area contributed by atoms with Crippen molar-refractivity contribution in [2.45, 2.75) is 25.6 Å². The van der Waals surface area contributed by atoms with Gasteiger partial charge in [-0.25, -0.2) is 4.79 Å². The molecule has 0 atom stereocenters. The summed E-state index contributed by atoms with van der Waals surface area (Å²) >= 11 is 0. The third-order valence-corrected chi connectivity index (χ3v) is 7.42. The zero-order chi connectivity index (χ0) is 30.0. The topological polar surface area (TPSA) is 121 Å². The van der Waals surface area contributed by atoms with E-state index in [-0.39, 0.29) is 11.8 Å². The Hall–Kier alpha value is -4.52. The average molecular weight is 583 g/mol. The van der Waals surface area contributed by atoms with Crippen LogP contribution < -0.4 is 5.32 Å². The molecular formula is C29H29F3N6O4. The minimum Gasteiger partial charge on any atom is -0.475 e. The van der Waals surface area contributed by atoms with Gasteiger partial charge >= 0.3 is 12.1 Å². The molecule has 13 heteroatoms. The highest BCUT2D eigenvalue weighted by atomic mass is 19.4. The van der Waals surface area contributed by atoms with Gasteiger partial charge in [-0.1, -0.05) is 18.2 Å². The SMILES string of the molecule is CN1CCN(C(=O)c2ccc(C=Cc3cc4c(cn3)CCc3c-4nn4c3C(=O)NCC4)cc2)CC1.O=C(O)C(F)(F)F. The molecule has 0 unspecified atom stereocenters. The van der Waals surface area contributed by atoms with E-state index < -0.39 is 12.1 Å². The summed E-state index contributed by atoms with van der Waals surface area (Å²) in [7, 11) is 2.08. The molecule has 6 rings (SSSR count). The molecular weight excluding hydrogens is 553 g/mol. The van der Waals surface area contributed by atoms with Crippen LogP contribution in [0.4, 0.5) is 13.2 Å². The lowest BCUT2D eigenvalue weighted by molar-refractivity contribution is -0.192. The van der Waals surface area contributed by atoms with E-state index in [0.29, 0.717) is 18.8 Å². The molecule has 0 saturated carbocycles. The number of amides is 2. The zero-order valence-corrected chi connectivity index (χ0v) is 22.8. The predicted octanol–water partition coefficient (Wildman–Crippen LogP) is 2.98. The Morgan fingerprint density at radius 2 is 1.71 bits per heavy atom. The number of alkyl halides is 3. The first-order chi connectivity index (χ1) is 20.0. The average Bonchev–Trinajstić information content (AvgIpc) is 3.37. The number of rotatable bonds is 3. The number of carboxylic acids is 1. The highest BCUT2D eigenvalue weighted by Gasteiger charge is 2.38. The van der Waals surface area contributed by atoms with Crippen molar-refractivity contribution in [3.63, 3.8) is 0 Å². The van der Waals surface area contributed by atoms with Crippen molar-refractivity contribution in [3.8, 4) is 11.3 Å². The van der Waals surface area contributed by atoms with Crippen LogP contribution in [0.1, 0.15) is 43.2 Å². The van der Waals surface area contributed by atoms with Gasteiger partial charge < -0.3 is 20.2 Å². The first-order valence-corrected chi connectivity index (χ1v) is 13.4. The maximum atomic E-state index is 12.8. The molecule has 2 amide bonds. The summed E-state index contributed by atoms with van der Waals surface area (Å²) in [5, 5.41) is 14.8. The fraction of sp³-hybridized carbons (Fsp3) is 0.345. The number of fused-ring (bicyclic) bond motifs is 5. The van der Waals surface area contributed by atoms with Crippen LogP contribution >= 0.6 is 0 Å². The van der Waals surface area contributed by atoms with E-state index >= 15 is 0 Å². The monoisotopic (exact) mass is 582 g/mol. The molecule has 3 aliphatic rings. The van der Waals surface area contributed by atoms with Gasteiger partial charge in [0.1, 0.15) is 5.69 Å². The number of piperazine rings is 1. The van der Waals surface area contributed by atoms with E-state index in [1.807, 2.05) is 52.2 Å². The number of halogens is 3. The van der Waals surface area contributed by atoms with Crippen molar-refractivity contribution < 1.29 is 32.7 Å². The molecule has 3 aromatic rings. The number of aryl methyl sites for hydroxylation is 1. The summed E-state index contributed by atoms with van der Waals surface area (Å²) in [6.07, 6.45) is 2.49. The highest BCUT2D eigenvalue weighted by Crippen LogP contribution is 2.35. The molecule has 1 saturated heterocycles. The Kier molecular flexibility index (Phi) is 8.12. The number of hydrogen-bond acceptors (Lipinski definition) is 6. The second-order valence-electron chi connectivity index (χ2n) is 10.3. The quantitative estimate of drug-likeness (QED) is 0.487. The molecule has 2 aromatic heterocycles. The Bertz CT molecular complexity index is 1540. The lowest BCUT2D eigenvalue weighted by Crippen LogP contribution is -2.47. The number of nitrogens with zero attached hydrogens (tertiary/aromatic N) is 5. The van der Waals surface area contributed by atoms with E-state index in [2.05, 4.69) is 28.3 Å². The highest BCUT2D eigenvalue weighted by molar-refractivity contribution is 5.97. The lowest BCUT2D eigenvalue weighted by Gasteiger charge is -2.32. The minimum absolute atomic E-state index is 0.0304. The summed E-state index contributed by atoms with van der Waals surface area (Å²) in [5.74, 6) is -2.69. The van der Waals surface area contributed by atoms with Crippen LogP contribution in [0.5, 0.6) is 0 Å². The number of hydrogen-bond donors (Lipinski definition) is 2. The Morgan fingerprint density at radius 3 is 2.38 bits per heavy atom. The molecule has 1 fully saturated rings. The minimum atomic E-state index is -5.08. The molecule has 10 nitrogen and oxygen atoms in total. The lowest BCUT2D eigenvalue weighted by atomic mass is 9.89. The van der Waals surface area contributed by atoms with E-state index in [9.17, 15) is 22.8 Å². The number of benzene rings is 1. The summed E-state index contributed by atoms with van der Waals surface area (Å²) in [5.41, 5.74) is 7.44. The summed E-state index contributed by atoms with van der Waals surface area (Å²) in [6.45, 7) is 4.69. The van der Waals surface area contributed by atoms with Crippen LogP contribution in [0.15, 0.2) is 36.5 Å². The van der Waals surface area contributed by atoms with Crippen LogP contribution in [0, 0.1) is 0 Å². The summed E-state index contributed by atoms with van der Waals surface area (Å²) < 4.78 is 33.6. The van der Waals surface area contributed by atoms with Gasteiger partial charge in [-0.15, -0.1) is 0 Å². The van der Waals surface area contributed by atoms with Crippen molar-refractivity contribution in [1.82, 2.24) is 29.9 Å². The number of nitrogens with one attached hydrogen (secondary N) is 1. The first-order valence-electron chi connectivity index (χ1n) is 13.4. The van der Waals surface area contributed by atoms with Crippen LogP contribution in [0.2, 0.25) is 0 Å². The standard InChI is InChI=1S/C27H28N6O2.C2HF3O2/c1-31-12-14-32(15-13-31)27(35)19-5-2-18(3-6-19)4-8-21-16-23-20(17-29-21)7-9-22-24(23)30-33-11-10-28-26(34)25(22)33;3-2(4,5)1(6)7/h2-6,8,16-17H,7,9-15H2,1H3,(H,28,34);(H,6,7). The van der Waals surface area contributed by atoms with Gasteiger partial charge in [0.15, 0.2) is 0 Å². The number of carbonyl (C=O) groups is 3. The molecule has 2 aliphatic heterocycles. The van der Waals surface area contributed by atoms with Gasteiger partial charge in [0, 0.05) is 55.6 Å². The van der Waals surface area contributed by atoms with Gasteiger partial charge in [-0.3, -0.25) is 19.3 Å². The van der Waals surface area contributed by atoms with E-state index in [0.717, 1.165) is 78.2 Å². The van der Waals surface area contributed by atoms with E-state index in [4.69, 9.17) is 15.0 Å². The molecule has 0 bridgehead atoms. The Morgan fingerprint density at radius 1 is 1.02 bits per heavy atom. The summed E-state index contributed by atoms with van der Waals surface area (Å²) in [4.78, 5) is 42.9.